The molecular weight excluding hydrogens is 362 g/mol. The van der Waals surface area contributed by atoms with E-state index in [1.807, 2.05) is 62.2 Å². The smallest absolute Gasteiger partial charge is 0.204 e. The van der Waals surface area contributed by atoms with E-state index in [4.69, 9.17) is 4.99 Å². The van der Waals surface area contributed by atoms with Gasteiger partial charge in [-0.1, -0.05) is 13.5 Å². The summed E-state index contributed by atoms with van der Waals surface area (Å²) in [6, 6.07) is 11.9. The van der Waals surface area contributed by atoms with Gasteiger partial charge in [-0.3, -0.25) is 9.78 Å². The summed E-state index contributed by atoms with van der Waals surface area (Å²) in [5, 5.41) is 13.4. The fourth-order valence-electron chi connectivity index (χ4n) is 4.15. The lowest BCUT2D eigenvalue weighted by Gasteiger charge is -2.30. The van der Waals surface area contributed by atoms with E-state index >= 15 is 0 Å². The molecule has 0 spiro atoms. The number of ketones is 1. The highest BCUT2D eigenvalue weighted by Crippen LogP contribution is 2.40. The van der Waals surface area contributed by atoms with Crippen molar-refractivity contribution in [2.75, 3.05) is 11.4 Å². The van der Waals surface area contributed by atoms with Crippen LogP contribution in [-0.4, -0.2) is 33.9 Å². The van der Waals surface area contributed by atoms with E-state index < -0.39 is 5.60 Å². The first-order valence-electron chi connectivity index (χ1n) is 9.48. The van der Waals surface area contributed by atoms with Crippen LogP contribution in [0.25, 0.3) is 10.8 Å². The number of carbonyl (C=O) groups is 1. The van der Waals surface area contributed by atoms with Crippen LogP contribution in [0.15, 0.2) is 47.6 Å². The molecule has 0 amide bonds. The topological polar surface area (TPSA) is 65.8 Å². The Labute approximate surface area is 170 Å². The van der Waals surface area contributed by atoms with Gasteiger partial charge in [0.05, 0.1) is 5.69 Å². The third-order valence-corrected chi connectivity index (χ3v) is 5.94. The molecule has 0 aliphatic carbocycles. The second-order valence-electron chi connectivity index (χ2n) is 7.84. The summed E-state index contributed by atoms with van der Waals surface area (Å²) in [6.07, 6.45) is 2.20. The molecule has 3 aromatic rings. The Morgan fingerprint density at radius 2 is 1.79 bits per heavy atom. The summed E-state index contributed by atoms with van der Waals surface area (Å²) >= 11 is 0. The molecule has 0 bridgehead atoms. The lowest BCUT2D eigenvalue weighted by atomic mass is 9.86. The monoisotopic (exact) mass is 387 g/mol. The van der Waals surface area contributed by atoms with Gasteiger partial charge >= 0.3 is 0 Å². The number of rotatable bonds is 1. The third-order valence-electron chi connectivity index (χ3n) is 5.94. The summed E-state index contributed by atoms with van der Waals surface area (Å²) in [4.78, 5) is 24.2. The van der Waals surface area contributed by atoms with Gasteiger partial charge in [0.25, 0.3) is 0 Å². The highest BCUT2D eigenvalue weighted by Gasteiger charge is 2.52. The number of aromatic nitrogens is 1. The van der Waals surface area contributed by atoms with Gasteiger partial charge in [-0.2, -0.15) is 0 Å². The van der Waals surface area contributed by atoms with E-state index in [9.17, 15) is 9.90 Å². The SMILES string of the molecule is C.Cc1cc2cc(N3CC[C@@]4(O)C(=O)c5cc(C)c(C)cc5N=C34)ccc2cn1. The van der Waals surface area contributed by atoms with Gasteiger partial charge in [0.2, 0.25) is 5.78 Å². The van der Waals surface area contributed by atoms with Gasteiger partial charge in [-0.25, -0.2) is 4.99 Å². The summed E-state index contributed by atoms with van der Waals surface area (Å²) in [5.74, 6) is 0.178. The maximum atomic E-state index is 13.2. The normalized spacial score (nSPS) is 20.2. The first-order chi connectivity index (χ1) is 13.4. The van der Waals surface area contributed by atoms with Crippen LogP contribution in [0.5, 0.6) is 0 Å². The molecule has 0 unspecified atom stereocenters. The van der Waals surface area contributed by atoms with E-state index in [-0.39, 0.29) is 13.2 Å². The van der Waals surface area contributed by atoms with E-state index in [1.165, 1.54) is 0 Å². The summed E-state index contributed by atoms with van der Waals surface area (Å²) < 4.78 is 0. The number of nitrogens with zero attached hydrogens (tertiary/aromatic N) is 3. The minimum absolute atomic E-state index is 0. The van der Waals surface area contributed by atoms with Crippen LogP contribution in [0, 0.1) is 20.8 Å². The molecule has 2 aliphatic rings. The number of fused-ring (bicyclic) bond motifs is 3. The minimum Gasteiger partial charge on any atom is -0.374 e. The van der Waals surface area contributed by atoms with Crippen molar-refractivity contribution >= 4 is 33.8 Å². The molecule has 1 fully saturated rings. The molecule has 1 saturated heterocycles. The van der Waals surface area contributed by atoms with Crippen molar-refractivity contribution in [1.29, 1.82) is 0 Å². The Bertz CT molecular complexity index is 1200. The van der Waals surface area contributed by atoms with E-state index in [1.54, 1.807) is 0 Å². The number of pyridine rings is 1. The predicted octanol–water partition coefficient (Wildman–Crippen LogP) is 4.66. The lowest BCUT2D eigenvalue weighted by Crippen LogP contribution is -2.48. The second-order valence-corrected chi connectivity index (χ2v) is 7.84. The Hall–Kier alpha value is -3.05. The standard InChI is InChI=1S/C23H21N3O2.CH4/c1-13-8-19-20(9-14(13)2)25-22-23(28,21(19)27)6-7-26(22)18-5-4-16-12-24-15(3)10-17(16)11-18;/h4-5,8-12,28H,6-7H2,1-3H3;1H4/t23-;/m1./s1. The molecule has 0 radical (unpaired) electrons. The molecule has 29 heavy (non-hydrogen) atoms. The second kappa shape index (κ2) is 6.49. The number of aliphatic hydroxyl groups is 1. The lowest BCUT2D eigenvalue weighted by molar-refractivity contribution is 0.0602. The van der Waals surface area contributed by atoms with Crippen LogP contribution in [0.4, 0.5) is 11.4 Å². The number of benzene rings is 2. The van der Waals surface area contributed by atoms with Gasteiger partial charge in [0, 0.05) is 41.5 Å². The van der Waals surface area contributed by atoms with Gasteiger partial charge in [0.15, 0.2) is 5.60 Å². The summed E-state index contributed by atoms with van der Waals surface area (Å²) in [7, 11) is 0. The van der Waals surface area contributed by atoms with E-state index in [0.29, 0.717) is 30.1 Å². The third kappa shape index (κ3) is 2.76. The van der Waals surface area contributed by atoms with Crippen molar-refractivity contribution in [3.05, 3.63) is 65.0 Å². The number of amidine groups is 1. The fourth-order valence-corrected chi connectivity index (χ4v) is 4.15. The molecule has 2 aliphatic heterocycles. The molecule has 148 valence electrons. The van der Waals surface area contributed by atoms with Gasteiger partial charge in [-0.15, -0.1) is 0 Å². The zero-order chi connectivity index (χ0) is 19.6. The minimum atomic E-state index is -1.56. The number of carbonyl (C=O) groups excluding carboxylic acids is 1. The quantitative estimate of drug-likeness (QED) is 0.659. The molecule has 5 nitrogen and oxygen atoms in total. The zero-order valence-electron chi connectivity index (χ0n) is 16.2. The molecule has 5 heteroatoms. The predicted molar refractivity (Wildman–Crippen MR) is 117 cm³/mol. The van der Waals surface area contributed by atoms with Crippen molar-refractivity contribution < 1.29 is 9.90 Å². The molecule has 2 aromatic carbocycles. The average Bonchev–Trinajstić information content (AvgIpc) is 3.01. The van der Waals surface area contributed by atoms with Crippen LogP contribution < -0.4 is 4.90 Å². The van der Waals surface area contributed by atoms with Crippen molar-refractivity contribution in [2.45, 2.75) is 40.2 Å². The Balaban J connectivity index is 0.00000205. The van der Waals surface area contributed by atoms with Gasteiger partial charge in [0.1, 0.15) is 5.84 Å². The number of aryl methyl sites for hydroxylation is 3. The van der Waals surface area contributed by atoms with E-state index in [0.717, 1.165) is 33.3 Å². The van der Waals surface area contributed by atoms with Gasteiger partial charge in [-0.05, 0) is 67.6 Å². The largest absolute Gasteiger partial charge is 0.374 e. The van der Waals surface area contributed by atoms with Crippen molar-refractivity contribution in [1.82, 2.24) is 4.98 Å². The summed E-state index contributed by atoms with van der Waals surface area (Å²) in [6.45, 7) is 6.49. The molecule has 0 saturated carbocycles. The zero-order valence-corrected chi connectivity index (χ0v) is 16.2. The first-order valence-corrected chi connectivity index (χ1v) is 9.48. The van der Waals surface area contributed by atoms with Crippen LogP contribution in [0.1, 0.15) is 41.0 Å². The van der Waals surface area contributed by atoms with Crippen LogP contribution >= 0.6 is 0 Å². The number of hydrogen-bond acceptors (Lipinski definition) is 5. The average molecular weight is 387 g/mol. The molecule has 1 atom stereocenters. The first kappa shape index (κ1) is 19.3. The molecule has 1 N–H and O–H groups in total. The van der Waals surface area contributed by atoms with Crippen LogP contribution in [0.3, 0.4) is 0 Å². The van der Waals surface area contributed by atoms with Crippen LogP contribution in [-0.2, 0) is 0 Å². The Morgan fingerprint density at radius 3 is 2.59 bits per heavy atom. The fraction of sp³-hybridized carbons (Fsp3) is 0.292. The number of Topliss-reactive ketones (excluding diaryl/α,β-unsaturated/α-hetero) is 1. The maximum absolute atomic E-state index is 13.2. The van der Waals surface area contributed by atoms with Gasteiger partial charge < -0.3 is 10.0 Å². The number of anilines is 1. The highest BCUT2D eigenvalue weighted by atomic mass is 16.3. The Morgan fingerprint density at radius 1 is 1.03 bits per heavy atom. The van der Waals surface area contributed by atoms with Crippen molar-refractivity contribution in [3.63, 3.8) is 0 Å². The molecule has 1 aromatic heterocycles. The van der Waals surface area contributed by atoms with Crippen LogP contribution in [0.2, 0.25) is 0 Å². The van der Waals surface area contributed by atoms with Crippen molar-refractivity contribution in [2.24, 2.45) is 4.99 Å². The number of hydrogen-bond donors (Lipinski definition) is 1. The van der Waals surface area contributed by atoms with E-state index in [2.05, 4.69) is 11.1 Å². The maximum Gasteiger partial charge on any atom is 0.204 e. The molecular formula is C24H25N3O2. The van der Waals surface area contributed by atoms with Crippen molar-refractivity contribution in [3.8, 4) is 0 Å². The molecule has 3 heterocycles. The Kier molecular flexibility index (Phi) is 4.32. The number of aliphatic imine (C=N–C) groups is 1. The summed E-state index contributed by atoms with van der Waals surface area (Å²) in [5.41, 5.74) is 3.58. The molecule has 5 rings (SSSR count). The highest BCUT2D eigenvalue weighted by molar-refractivity contribution is 6.28.